The monoisotopic (exact) mass is 1560 g/mol. The van der Waals surface area contributed by atoms with E-state index in [9.17, 15) is 19.2 Å². The molecule has 0 N–H and O–H groups in total. The van der Waals surface area contributed by atoms with Crippen molar-refractivity contribution in [2.24, 2.45) is 212 Å². The van der Waals surface area contributed by atoms with E-state index in [0.717, 1.165) is 203 Å². The third-order valence-electron chi connectivity index (χ3n) is 38.2. The van der Waals surface area contributed by atoms with Gasteiger partial charge >= 0.3 is 11.9 Å². The summed E-state index contributed by atoms with van der Waals surface area (Å²) in [4.78, 5) is 49.0. The first-order valence-corrected chi connectivity index (χ1v) is 48.6. The number of nitrogens with zero attached hydrogens (tertiary/aromatic N) is 1. The smallest absolute Gasteiger partial charge is 0.320 e. The van der Waals surface area contributed by atoms with Crippen LogP contribution in [-0.2, 0) is 23.9 Å². The Morgan fingerprint density at radius 2 is 0.931 bits per heavy atom. The predicted molar refractivity (Wildman–Crippen MR) is 471 cm³/mol. The van der Waals surface area contributed by atoms with Gasteiger partial charge in [0.25, 0.3) is 0 Å². The van der Waals surface area contributed by atoms with Gasteiger partial charge in [0.15, 0.2) is 0 Å². The minimum atomic E-state index is -0.462. The molecule has 28 rings (SSSR count). The lowest BCUT2D eigenvalue weighted by molar-refractivity contribution is -0.155. The number of hydrogen-bond acceptors (Lipinski definition) is 5. The minimum Gasteiger partial charge on any atom is -0.393 e. The minimum absolute atomic E-state index is 0.0144. The number of allylic oxidation sites excluding steroid dienone is 22. The van der Waals surface area contributed by atoms with E-state index in [1.807, 2.05) is 30.3 Å². The molecule has 2 heterocycles. The summed E-state index contributed by atoms with van der Waals surface area (Å²) in [6, 6.07) is 20.3. The Morgan fingerprint density at radius 1 is 0.414 bits per heavy atom. The molecule has 0 aromatic heterocycles. The molecular formula is C110H143NO5. The summed E-state index contributed by atoms with van der Waals surface area (Å²) in [6.07, 6.45) is 85.3. The van der Waals surface area contributed by atoms with Crippen LogP contribution in [-0.4, -0.2) is 23.8 Å². The second-order valence-electron chi connectivity index (χ2n) is 43.6. The molecule has 24 aliphatic carbocycles. The molecule has 2 saturated heterocycles. The van der Waals surface area contributed by atoms with Crippen LogP contribution < -0.4 is 4.90 Å². The fraction of sp³-hybridized carbons (Fsp3) is 0.655. The maximum atomic E-state index is 12.8. The molecule has 26 aliphatic rings. The number of hydrogen-bond donors (Lipinski definition) is 0. The van der Waals surface area contributed by atoms with Crippen molar-refractivity contribution >= 4 is 29.4 Å². The van der Waals surface area contributed by atoms with Crippen molar-refractivity contribution in [1.82, 2.24) is 0 Å². The fourth-order valence-electron chi connectivity index (χ4n) is 32.0. The Balaban J connectivity index is 0.0000000868. The van der Waals surface area contributed by atoms with Crippen LogP contribution in [0.2, 0.25) is 0 Å². The highest BCUT2D eigenvalue weighted by Crippen LogP contribution is 2.68. The van der Waals surface area contributed by atoms with Crippen LogP contribution in [0.5, 0.6) is 0 Å². The van der Waals surface area contributed by atoms with Gasteiger partial charge in [0.1, 0.15) is 0 Å². The summed E-state index contributed by atoms with van der Waals surface area (Å²) in [7, 11) is 0. The summed E-state index contributed by atoms with van der Waals surface area (Å²) in [5.74, 6) is 31.0. The molecule has 116 heavy (non-hydrogen) atoms. The van der Waals surface area contributed by atoms with Gasteiger partial charge < -0.3 is 4.74 Å². The molecular weight excluding hydrogens is 1420 g/mol. The third-order valence-corrected chi connectivity index (χ3v) is 38.2. The molecule has 36 atom stereocenters. The molecule has 16 fully saturated rings. The second kappa shape index (κ2) is 32.7. The van der Waals surface area contributed by atoms with E-state index in [2.05, 4.69) is 218 Å². The third kappa shape index (κ3) is 14.7. The van der Waals surface area contributed by atoms with Crippen LogP contribution in [0, 0.1) is 212 Å². The van der Waals surface area contributed by atoms with E-state index >= 15 is 0 Å². The number of para-hydroxylation sites is 1. The summed E-state index contributed by atoms with van der Waals surface area (Å²) < 4.78 is 4.64. The molecule has 2 aliphatic heterocycles. The number of esters is 2. The van der Waals surface area contributed by atoms with Gasteiger partial charge in [0, 0.05) is 6.42 Å². The highest BCUT2D eigenvalue weighted by atomic mass is 16.6. The van der Waals surface area contributed by atoms with Crippen LogP contribution in [0.15, 0.2) is 194 Å². The molecule has 2 aromatic rings. The second-order valence-corrected chi connectivity index (χ2v) is 43.6. The van der Waals surface area contributed by atoms with Crippen molar-refractivity contribution in [3.05, 3.63) is 199 Å². The van der Waals surface area contributed by atoms with Gasteiger partial charge in [-0.05, 0) is 385 Å². The average Bonchev–Trinajstić information content (AvgIpc) is 1.57. The molecule has 36 unspecified atom stereocenters. The van der Waals surface area contributed by atoms with Gasteiger partial charge in [0.2, 0.25) is 11.8 Å². The molecule has 618 valence electrons. The zero-order valence-corrected chi connectivity index (χ0v) is 72.1. The summed E-state index contributed by atoms with van der Waals surface area (Å²) in [5.41, 5.74) is 3.73. The van der Waals surface area contributed by atoms with E-state index in [1.165, 1.54) is 108 Å². The van der Waals surface area contributed by atoms with Gasteiger partial charge in [-0.15, -0.1) is 0 Å². The van der Waals surface area contributed by atoms with Crippen LogP contribution in [0.1, 0.15) is 240 Å². The molecule has 0 radical (unpaired) electrons. The zero-order valence-electron chi connectivity index (χ0n) is 72.1. The highest BCUT2D eigenvalue weighted by molar-refractivity contribution is 6.23. The van der Waals surface area contributed by atoms with E-state index in [-0.39, 0.29) is 35.6 Å². The summed E-state index contributed by atoms with van der Waals surface area (Å²) >= 11 is 0. The average molecular weight is 1560 g/mol. The van der Waals surface area contributed by atoms with Gasteiger partial charge in [-0.1, -0.05) is 237 Å². The Kier molecular flexibility index (Phi) is 22.4. The van der Waals surface area contributed by atoms with E-state index < -0.39 is 10.8 Å². The van der Waals surface area contributed by atoms with Gasteiger partial charge in [0.05, 0.1) is 22.9 Å². The van der Waals surface area contributed by atoms with Crippen LogP contribution in [0.25, 0.3) is 0 Å². The standard InChI is InChI=1S/C16H15NO2.C13H18.C13H14.C12H16.C11H18.C10H10O3.2C9H14.C9H12.C8H12/c18-14-10-16(9-11-6-7-12(16)8-11)15(19)17(14)13-4-2-1-3-5-13;1-7-4-10-6-11(7)13-9-3-2-8(5-9)12(10)13;1-2-4-11(5-3-1)13-9-10-6-7-12(13)8-10;1-2-8-5-7(1)11-9-3-4-10(6-9)12(8)11;1-3-11(4-2)8-9-5-6-10(11)7-9;11-8-5-10(9(12)13-8)4-6-1-2-7(10)3-6;1-6-7(2)9-4-3-8(6)5-9;2*1-2-8-5-7-3-4-9(8)6-7;1-6-4-7-2-3-8(6)5-7/h1-7,11-12H,8-10H2;2-3,7-13H,4-6H2,1H3;1-7,10,12-13H,8-9H2;1-2,7-12H,3-6H2;5-6,9-10H,3-4,7-8H2,1-2H3;1-2,6-7H,3-5H2;3-4,6-9H,5H2,1-2H3;3-4,7-9H,2,5-6H2,1H3;2-4,7,9H,5-6H2,1H3;2-3,6-8H,4-5H2,1H3/b;;;;;;;;8-2-;. The van der Waals surface area contributed by atoms with Crippen molar-refractivity contribution in [3.8, 4) is 0 Å². The predicted octanol–water partition coefficient (Wildman–Crippen LogP) is 26.1. The lowest BCUT2D eigenvalue weighted by Gasteiger charge is -2.35. The van der Waals surface area contributed by atoms with Gasteiger partial charge in [-0.25, -0.2) is 0 Å². The number of cyclic esters (lactones) is 2. The number of benzene rings is 2. The van der Waals surface area contributed by atoms with E-state index in [1.54, 1.807) is 43.2 Å². The molecule has 14 saturated carbocycles. The highest BCUT2D eigenvalue weighted by Gasteiger charge is 2.64. The number of amides is 2. The quantitative estimate of drug-likeness (QED) is 0.0980. The topological polar surface area (TPSA) is 80.8 Å². The first-order chi connectivity index (χ1) is 56.4. The number of rotatable bonds is 5. The number of anilines is 1. The van der Waals surface area contributed by atoms with Gasteiger partial charge in [-0.2, -0.15) is 0 Å². The first kappa shape index (κ1) is 79.6. The van der Waals surface area contributed by atoms with Gasteiger partial charge in [-0.3, -0.25) is 24.1 Å². The Bertz CT molecular complexity index is 4240. The van der Waals surface area contributed by atoms with Crippen molar-refractivity contribution in [2.45, 2.75) is 235 Å². The lowest BCUT2D eigenvalue weighted by Crippen LogP contribution is -2.38. The van der Waals surface area contributed by atoms with Crippen molar-refractivity contribution in [1.29, 1.82) is 0 Å². The Hall–Kier alpha value is -6.14. The zero-order chi connectivity index (χ0) is 79.5. The summed E-state index contributed by atoms with van der Waals surface area (Å²) in [6.45, 7) is 18.8. The molecule has 2 spiro atoms. The molecule has 6 nitrogen and oxygen atoms in total. The molecule has 2 aromatic carbocycles. The van der Waals surface area contributed by atoms with Crippen LogP contribution in [0.3, 0.4) is 0 Å². The van der Waals surface area contributed by atoms with Crippen LogP contribution in [0.4, 0.5) is 5.69 Å². The van der Waals surface area contributed by atoms with E-state index in [4.69, 9.17) is 0 Å². The molecule has 6 heteroatoms. The summed E-state index contributed by atoms with van der Waals surface area (Å²) in [5, 5.41) is 0. The number of fused-ring (bicyclic) bond motifs is 36. The first-order valence-electron chi connectivity index (χ1n) is 48.6. The normalized spacial score (nSPS) is 47.6. The molecule has 24 bridgehead atoms. The number of imide groups is 1. The largest absolute Gasteiger partial charge is 0.393 e. The SMILES string of the molecule is C/C=C1/CC2C=CC1C2.C1=CC2CC1C1C3CCC(C3)C21.C1=CC2CC1CC2c1ccccc1.CC1C2C=CC(C2)C1C.CC1CC2C=CC1C2.CC1CC2CC1C1C3C=CC(C3)C21.CCC1(CC)CC2C=CC1C2.CCC1CC2C=CC1C2.O=C1CC2(CC3C=CC2C3)C(=O)N1c1ccccc1.O=C1CC2(CC3C=CC2C3)C(=O)O1. The van der Waals surface area contributed by atoms with Crippen molar-refractivity contribution in [3.63, 3.8) is 0 Å². The van der Waals surface area contributed by atoms with Crippen molar-refractivity contribution < 1.29 is 23.9 Å². The Labute approximate surface area is 699 Å². The molecule has 2 amide bonds. The van der Waals surface area contributed by atoms with Crippen molar-refractivity contribution in [2.75, 3.05) is 4.90 Å². The van der Waals surface area contributed by atoms with Crippen LogP contribution >= 0.6 is 0 Å². The lowest BCUT2D eigenvalue weighted by atomic mass is 9.70. The number of carbonyl (C=O) groups is 4. The number of ether oxygens (including phenoxy) is 1. The maximum Gasteiger partial charge on any atom is 0.320 e. The Morgan fingerprint density at radius 3 is 1.34 bits per heavy atom. The fourth-order valence-corrected chi connectivity index (χ4v) is 32.0. The maximum absolute atomic E-state index is 12.8. The van der Waals surface area contributed by atoms with E-state index in [0.29, 0.717) is 35.8 Å². The number of carbonyl (C=O) groups excluding carboxylic acids is 4.